The average molecular weight is 809 g/mol. The van der Waals surface area contributed by atoms with E-state index in [0.29, 0.717) is 12.8 Å². The zero-order valence-electron chi connectivity index (χ0n) is 36.8. The van der Waals surface area contributed by atoms with E-state index in [0.717, 1.165) is 25.7 Å². The van der Waals surface area contributed by atoms with Crippen LogP contribution in [0, 0.1) is 0 Å². The Labute approximate surface area is 345 Å². The number of carboxylic acids is 2. The first-order chi connectivity index (χ1) is 27.2. The molecular weight excluding hydrogens is 712 g/mol. The highest BCUT2D eigenvalue weighted by molar-refractivity contribution is 5.66. The predicted octanol–water partition coefficient (Wildman–Crippen LogP) is 10.9. The van der Waals surface area contributed by atoms with Gasteiger partial charge in [-0.3, -0.25) is 9.59 Å². The average Bonchev–Trinajstić information content (AvgIpc) is 3.20. The molecule has 0 aromatic carbocycles. The van der Waals surface area contributed by atoms with Gasteiger partial charge in [0.25, 0.3) is 0 Å². The van der Waals surface area contributed by atoms with Crippen LogP contribution in [0.5, 0.6) is 0 Å². The highest BCUT2D eigenvalue weighted by Gasteiger charge is 1.99. The highest BCUT2D eigenvalue weighted by atomic mass is 16.4. The summed E-state index contributed by atoms with van der Waals surface area (Å²) in [4.78, 5) is 20.7. The third-order valence-corrected chi connectivity index (χ3v) is 9.83. The van der Waals surface area contributed by atoms with Crippen molar-refractivity contribution in [2.24, 2.45) is 0 Å². The monoisotopic (exact) mass is 809 g/mol. The fourth-order valence-corrected chi connectivity index (χ4v) is 6.12. The van der Waals surface area contributed by atoms with Gasteiger partial charge in [0.15, 0.2) is 0 Å². The molecule has 0 saturated heterocycles. The van der Waals surface area contributed by atoms with Gasteiger partial charge in [0.1, 0.15) is 12.2 Å². The molecule has 0 fully saturated rings. The van der Waals surface area contributed by atoms with Crippen molar-refractivity contribution >= 4 is 11.9 Å². The summed E-state index contributed by atoms with van der Waals surface area (Å²) in [7, 11) is 0. The quantitative estimate of drug-likeness (QED) is 0.0276. The molecule has 0 rings (SSSR count). The third-order valence-electron chi connectivity index (χ3n) is 9.83. The van der Waals surface area contributed by atoms with Crippen molar-refractivity contribution < 1.29 is 50.4 Å². The van der Waals surface area contributed by atoms with Crippen molar-refractivity contribution in [3.05, 3.63) is 0 Å². The molecule has 0 aromatic rings. The Morgan fingerprint density at radius 2 is 0.446 bits per heavy atom. The molecule has 10 heteroatoms. The van der Waals surface area contributed by atoms with Crippen LogP contribution >= 0.6 is 0 Å². The molecule has 0 aliphatic heterocycles. The number of rotatable bonds is 40. The zero-order chi connectivity index (χ0) is 42.6. The van der Waals surface area contributed by atoms with E-state index in [2.05, 4.69) is 13.8 Å². The number of carbonyl (C=O) groups is 2. The molecule has 0 atom stereocenters. The summed E-state index contributed by atoms with van der Waals surface area (Å²) in [5, 5.41) is 65.1. The lowest BCUT2D eigenvalue weighted by molar-refractivity contribution is -0.138. The van der Waals surface area contributed by atoms with Crippen molar-refractivity contribution in [2.45, 2.75) is 257 Å². The van der Waals surface area contributed by atoms with E-state index in [1.165, 1.54) is 193 Å². The first-order valence-electron chi connectivity index (χ1n) is 23.4. The third kappa shape index (κ3) is 70.5. The van der Waals surface area contributed by atoms with E-state index in [1.807, 2.05) is 0 Å². The van der Waals surface area contributed by atoms with E-state index < -0.39 is 24.1 Å². The van der Waals surface area contributed by atoms with Crippen LogP contribution in [-0.2, 0) is 9.59 Å². The maximum absolute atomic E-state index is 10.4. The van der Waals surface area contributed by atoms with Gasteiger partial charge in [-0.2, -0.15) is 0 Å². The van der Waals surface area contributed by atoms with Gasteiger partial charge in [0.05, 0.1) is 26.4 Å². The van der Waals surface area contributed by atoms with Gasteiger partial charge in [0.2, 0.25) is 0 Å². The number of aliphatic hydroxyl groups is 6. The molecule has 0 heterocycles. The Balaban J connectivity index is -0.000000373. The molecule has 0 amide bonds. The molecule has 0 aliphatic carbocycles. The van der Waals surface area contributed by atoms with Crippen LogP contribution in [0.4, 0.5) is 0 Å². The second kappa shape index (κ2) is 58.0. The van der Waals surface area contributed by atoms with Crippen molar-refractivity contribution in [3.63, 3.8) is 0 Å². The molecule has 0 saturated carbocycles. The van der Waals surface area contributed by atoms with E-state index in [1.54, 1.807) is 0 Å². The number of aliphatic hydroxyl groups excluding tert-OH is 6. The SMILES string of the molecule is CCCCCCCCCCCCCCCCCCCC(=O)O.CCCCCCCCCCCCCCCCCCCC(=O)O.OCC(O)CO.OCC(O)CO. The fourth-order valence-electron chi connectivity index (χ4n) is 6.12. The topological polar surface area (TPSA) is 196 Å². The molecule has 0 unspecified atom stereocenters. The Morgan fingerprint density at radius 1 is 0.304 bits per heavy atom. The van der Waals surface area contributed by atoms with Crippen LogP contribution in [-0.4, -0.2) is 91.4 Å². The van der Waals surface area contributed by atoms with Gasteiger partial charge in [0, 0.05) is 12.8 Å². The lowest BCUT2D eigenvalue weighted by atomic mass is 10.0. The number of hydrogen-bond acceptors (Lipinski definition) is 8. The molecule has 0 spiro atoms. The number of hydrogen-bond donors (Lipinski definition) is 8. The van der Waals surface area contributed by atoms with Gasteiger partial charge in [-0.25, -0.2) is 0 Å². The van der Waals surface area contributed by atoms with Crippen LogP contribution in [0.2, 0.25) is 0 Å². The minimum absolute atomic E-state index is 0.346. The Hall–Kier alpha value is -1.30. The second-order valence-corrected chi connectivity index (χ2v) is 15.6. The van der Waals surface area contributed by atoms with E-state index in [-0.39, 0.29) is 26.4 Å². The van der Waals surface area contributed by atoms with Crippen LogP contribution < -0.4 is 0 Å². The molecule has 0 aliphatic rings. The van der Waals surface area contributed by atoms with Crippen LogP contribution in [0.1, 0.15) is 245 Å². The van der Waals surface area contributed by atoms with Gasteiger partial charge < -0.3 is 40.9 Å². The Bertz CT molecular complexity index is 643. The lowest BCUT2D eigenvalue weighted by Crippen LogP contribution is -2.15. The first-order valence-corrected chi connectivity index (χ1v) is 23.4. The summed E-state index contributed by atoms with van der Waals surface area (Å²) < 4.78 is 0. The van der Waals surface area contributed by atoms with Crippen molar-refractivity contribution in [2.75, 3.05) is 26.4 Å². The first kappa shape index (κ1) is 61.4. The standard InChI is InChI=1S/2C20H40O2.2C3H8O3/c2*1-2-3-4-5-6-7-8-9-10-11-12-13-14-15-16-17-18-19-20(21)22;2*4-1-3(6)2-5/h2*2-19H2,1H3,(H,21,22);2*3-6H,1-2H2. The molecule has 0 radical (unpaired) electrons. The van der Waals surface area contributed by atoms with Gasteiger partial charge in [-0.15, -0.1) is 0 Å². The maximum Gasteiger partial charge on any atom is 0.303 e. The minimum atomic E-state index is -0.954. The molecule has 10 nitrogen and oxygen atoms in total. The molecular formula is C46H96O10. The smallest absolute Gasteiger partial charge is 0.303 e. The molecule has 0 aromatic heterocycles. The minimum Gasteiger partial charge on any atom is -0.481 e. The second-order valence-electron chi connectivity index (χ2n) is 15.6. The summed E-state index contributed by atoms with van der Waals surface area (Å²) in [5.41, 5.74) is 0. The zero-order valence-corrected chi connectivity index (χ0v) is 36.8. The van der Waals surface area contributed by atoms with Crippen molar-refractivity contribution in [3.8, 4) is 0 Å². The molecule has 0 bridgehead atoms. The summed E-state index contributed by atoms with van der Waals surface area (Å²) in [6.07, 6.45) is 44.4. The molecule has 8 N–H and O–H groups in total. The van der Waals surface area contributed by atoms with Crippen LogP contribution in [0.3, 0.4) is 0 Å². The fraction of sp³-hybridized carbons (Fsp3) is 0.957. The summed E-state index contributed by atoms with van der Waals surface area (Å²) in [6, 6.07) is 0. The number of aliphatic carboxylic acids is 2. The Kier molecular flexibility index (Phi) is 63.6. The van der Waals surface area contributed by atoms with Crippen molar-refractivity contribution in [1.82, 2.24) is 0 Å². The normalized spacial score (nSPS) is 10.8. The van der Waals surface area contributed by atoms with Gasteiger partial charge >= 0.3 is 11.9 Å². The molecule has 56 heavy (non-hydrogen) atoms. The Morgan fingerprint density at radius 3 is 0.554 bits per heavy atom. The largest absolute Gasteiger partial charge is 0.481 e. The van der Waals surface area contributed by atoms with E-state index in [9.17, 15) is 9.59 Å². The number of unbranched alkanes of at least 4 members (excludes halogenated alkanes) is 32. The van der Waals surface area contributed by atoms with Gasteiger partial charge in [-0.05, 0) is 12.8 Å². The summed E-state index contributed by atoms with van der Waals surface area (Å²) >= 11 is 0. The number of carboxylic acid groups (broad SMARTS) is 2. The lowest BCUT2D eigenvalue weighted by Gasteiger charge is -2.03. The highest BCUT2D eigenvalue weighted by Crippen LogP contribution is 2.16. The van der Waals surface area contributed by atoms with Crippen LogP contribution in [0.25, 0.3) is 0 Å². The summed E-state index contributed by atoms with van der Waals surface area (Å²) in [5.74, 6) is -1.30. The van der Waals surface area contributed by atoms with E-state index >= 15 is 0 Å². The maximum atomic E-state index is 10.4. The molecule has 340 valence electrons. The van der Waals surface area contributed by atoms with Crippen LogP contribution in [0.15, 0.2) is 0 Å². The van der Waals surface area contributed by atoms with Crippen molar-refractivity contribution in [1.29, 1.82) is 0 Å². The van der Waals surface area contributed by atoms with Gasteiger partial charge in [-0.1, -0.05) is 219 Å². The summed E-state index contributed by atoms with van der Waals surface area (Å²) in [6.45, 7) is 3.10. The predicted molar refractivity (Wildman–Crippen MR) is 233 cm³/mol. The van der Waals surface area contributed by atoms with E-state index in [4.69, 9.17) is 40.9 Å².